The summed E-state index contributed by atoms with van der Waals surface area (Å²) in [6.07, 6.45) is 19.5. The Morgan fingerprint density at radius 2 is 1.06 bits per heavy atom. The van der Waals surface area contributed by atoms with Gasteiger partial charge in [-0.15, -0.1) is 0 Å². The van der Waals surface area contributed by atoms with Crippen LogP contribution < -0.4 is 0 Å². The van der Waals surface area contributed by atoms with Crippen molar-refractivity contribution in [2.45, 2.75) is 27.7 Å². The summed E-state index contributed by atoms with van der Waals surface area (Å²) in [5.41, 5.74) is 0. The molecule has 0 amide bonds. The van der Waals surface area contributed by atoms with E-state index in [-0.39, 0.29) is 0 Å². The third-order valence-corrected chi connectivity index (χ3v) is 1.80. The Kier molecular flexibility index (Phi) is 9.64. The van der Waals surface area contributed by atoms with Crippen LogP contribution >= 0.6 is 0 Å². The molecule has 0 aromatic carbocycles. The number of hydrogen-bond acceptors (Lipinski definition) is 1. The van der Waals surface area contributed by atoms with Crippen LogP contribution in [-0.4, -0.2) is 0 Å². The van der Waals surface area contributed by atoms with Crippen molar-refractivity contribution in [1.29, 1.82) is 0 Å². The van der Waals surface area contributed by atoms with E-state index in [9.17, 15) is 0 Å². The van der Waals surface area contributed by atoms with E-state index < -0.39 is 0 Å². The molecule has 0 rings (SSSR count). The second-order valence-corrected chi connectivity index (χ2v) is 3.29. The number of rotatable bonds is 6. The molecule has 0 radical (unpaired) electrons. The summed E-state index contributed by atoms with van der Waals surface area (Å²) in [4.78, 5) is 0. The Balaban J connectivity index is 4.92. The lowest BCUT2D eigenvalue weighted by molar-refractivity contribution is 0.336. The molecule has 0 bridgehead atoms. The third kappa shape index (κ3) is 8.09. The van der Waals surface area contributed by atoms with Crippen molar-refractivity contribution in [1.82, 2.24) is 0 Å². The van der Waals surface area contributed by atoms with E-state index in [0.29, 0.717) is 0 Å². The molecular weight excluding hydrogens is 208 g/mol. The van der Waals surface area contributed by atoms with Crippen molar-refractivity contribution < 1.29 is 4.74 Å². The molecule has 0 aromatic rings. The van der Waals surface area contributed by atoms with Gasteiger partial charge >= 0.3 is 0 Å². The maximum atomic E-state index is 5.78. The molecule has 0 aromatic heterocycles. The Bertz CT molecular complexity index is 327. The first kappa shape index (κ1) is 15.2. The fourth-order valence-electron chi connectivity index (χ4n) is 1.09. The summed E-state index contributed by atoms with van der Waals surface area (Å²) >= 11 is 0. The molecule has 0 aliphatic heterocycles. The molecule has 0 atom stereocenters. The van der Waals surface area contributed by atoms with E-state index in [4.69, 9.17) is 4.74 Å². The largest absolute Gasteiger partial charge is 0.457 e. The predicted molar refractivity (Wildman–Crippen MR) is 76.5 cm³/mol. The van der Waals surface area contributed by atoms with Gasteiger partial charge in [-0.3, -0.25) is 0 Å². The van der Waals surface area contributed by atoms with Crippen molar-refractivity contribution in [2.24, 2.45) is 0 Å². The van der Waals surface area contributed by atoms with Crippen molar-refractivity contribution in [3.63, 3.8) is 0 Å². The van der Waals surface area contributed by atoms with Crippen LogP contribution in [0, 0.1) is 0 Å². The second-order valence-electron chi connectivity index (χ2n) is 3.29. The van der Waals surface area contributed by atoms with Crippen LogP contribution in [0.2, 0.25) is 0 Å². The van der Waals surface area contributed by atoms with Crippen LogP contribution in [0.15, 0.2) is 72.3 Å². The van der Waals surface area contributed by atoms with E-state index in [0.717, 1.165) is 11.5 Å². The van der Waals surface area contributed by atoms with E-state index in [1.165, 1.54) is 0 Å². The van der Waals surface area contributed by atoms with E-state index >= 15 is 0 Å². The van der Waals surface area contributed by atoms with Crippen LogP contribution in [-0.2, 0) is 4.74 Å². The van der Waals surface area contributed by atoms with Gasteiger partial charge in [0.15, 0.2) is 0 Å². The molecule has 92 valence electrons. The Labute approximate surface area is 105 Å². The molecule has 0 aliphatic rings. The van der Waals surface area contributed by atoms with Crippen molar-refractivity contribution in [3.05, 3.63) is 72.3 Å². The van der Waals surface area contributed by atoms with Gasteiger partial charge in [-0.25, -0.2) is 0 Å². The molecule has 0 saturated carbocycles. The van der Waals surface area contributed by atoms with Gasteiger partial charge in [-0.2, -0.15) is 0 Å². The zero-order valence-electron chi connectivity index (χ0n) is 11.2. The summed E-state index contributed by atoms with van der Waals surface area (Å²) in [7, 11) is 0. The lowest BCUT2D eigenvalue weighted by atomic mass is 10.3. The second kappa shape index (κ2) is 10.7. The average molecular weight is 230 g/mol. The molecule has 0 spiro atoms. The average Bonchev–Trinajstić information content (AvgIpc) is 2.33. The first-order valence-corrected chi connectivity index (χ1v) is 5.87. The smallest absolute Gasteiger partial charge is 0.127 e. The molecule has 0 heterocycles. The van der Waals surface area contributed by atoms with Crippen LogP contribution in [0.3, 0.4) is 0 Å². The highest BCUT2D eigenvalue weighted by Gasteiger charge is 1.95. The van der Waals surface area contributed by atoms with E-state index in [1.807, 2.05) is 88.5 Å². The quantitative estimate of drug-likeness (QED) is 0.457. The SMILES string of the molecule is C\C=C/C=C(\C=C/C)OC(/C=C\C)=C/C=C\C. The first-order chi connectivity index (χ1) is 8.28. The Morgan fingerprint density at radius 1 is 0.647 bits per heavy atom. The first-order valence-electron chi connectivity index (χ1n) is 5.87. The minimum Gasteiger partial charge on any atom is -0.457 e. The zero-order valence-corrected chi connectivity index (χ0v) is 11.2. The zero-order chi connectivity index (χ0) is 12.9. The van der Waals surface area contributed by atoms with Gasteiger partial charge in [0, 0.05) is 0 Å². The van der Waals surface area contributed by atoms with Crippen molar-refractivity contribution in [3.8, 4) is 0 Å². The van der Waals surface area contributed by atoms with Crippen LogP contribution in [0.4, 0.5) is 0 Å². The number of hydrogen-bond donors (Lipinski definition) is 0. The summed E-state index contributed by atoms with van der Waals surface area (Å²) in [5.74, 6) is 1.64. The van der Waals surface area contributed by atoms with Crippen LogP contribution in [0.1, 0.15) is 27.7 Å². The highest BCUT2D eigenvalue weighted by Crippen LogP contribution is 2.10. The predicted octanol–water partition coefficient (Wildman–Crippen LogP) is 5.08. The topological polar surface area (TPSA) is 9.23 Å². The van der Waals surface area contributed by atoms with Gasteiger partial charge in [0.1, 0.15) is 11.5 Å². The van der Waals surface area contributed by atoms with Crippen molar-refractivity contribution in [2.75, 3.05) is 0 Å². The van der Waals surface area contributed by atoms with Crippen molar-refractivity contribution >= 4 is 0 Å². The summed E-state index contributed by atoms with van der Waals surface area (Å²) in [6.45, 7) is 7.90. The highest BCUT2D eigenvalue weighted by atomic mass is 16.5. The van der Waals surface area contributed by atoms with Gasteiger partial charge in [-0.1, -0.05) is 36.5 Å². The minimum atomic E-state index is 0.819. The number of ether oxygens (including phenoxy) is 1. The maximum Gasteiger partial charge on any atom is 0.127 e. The van der Waals surface area contributed by atoms with Gasteiger partial charge in [0.2, 0.25) is 0 Å². The molecule has 0 aliphatic carbocycles. The van der Waals surface area contributed by atoms with Gasteiger partial charge in [0.25, 0.3) is 0 Å². The Morgan fingerprint density at radius 3 is 1.35 bits per heavy atom. The van der Waals surface area contributed by atoms with E-state index in [1.54, 1.807) is 0 Å². The minimum absolute atomic E-state index is 0.819. The third-order valence-electron chi connectivity index (χ3n) is 1.80. The maximum absolute atomic E-state index is 5.78. The summed E-state index contributed by atoms with van der Waals surface area (Å²) in [6, 6.07) is 0. The summed E-state index contributed by atoms with van der Waals surface area (Å²) in [5, 5.41) is 0. The molecule has 0 saturated heterocycles. The van der Waals surface area contributed by atoms with Gasteiger partial charge in [0.05, 0.1) is 0 Å². The number of allylic oxidation sites excluding steroid dienone is 10. The molecule has 0 fully saturated rings. The Hall–Kier alpha value is -1.76. The fraction of sp³-hybridized carbons (Fsp3) is 0.250. The normalized spacial score (nSPS) is 14.8. The molecule has 1 heteroatoms. The summed E-state index contributed by atoms with van der Waals surface area (Å²) < 4.78 is 5.78. The lowest BCUT2D eigenvalue weighted by Crippen LogP contribution is -1.88. The lowest BCUT2D eigenvalue weighted by Gasteiger charge is -2.06. The molecule has 1 nitrogen and oxygen atoms in total. The fourth-order valence-corrected chi connectivity index (χ4v) is 1.09. The van der Waals surface area contributed by atoms with Crippen LogP contribution in [0.25, 0.3) is 0 Å². The molecular formula is C16H22O. The van der Waals surface area contributed by atoms with Crippen LogP contribution in [0.5, 0.6) is 0 Å². The molecule has 0 N–H and O–H groups in total. The molecule has 17 heavy (non-hydrogen) atoms. The van der Waals surface area contributed by atoms with Gasteiger partial charge in [-0.05, 0) is 52.0 Å². The standard InChI is InChI=1S/C16H22O/c1-5-9-13-15(11-7-3)17-16(12-8-4)14-10-6-2/h5-14H,1-4H3/b9-5-,10-6-,11-7-,12-8-,15-13+,16-14+. The molecule has 0 unspecified atom stereocenters. The van der Waals surface area contributed by atoms with E-state index in [2.05, 4.69) is 0 Å². The highest BCUT2D eigenvalue weighted by molar-refractivity contribution is 5.25. The van der Waals surface area contributed by atoms with Gasteiger partial charge < -0.3 is 4.74 Å². The monoisotopic (exact) mass is 230 g/mol.